The monoisotopic (exact) mass is 825 g/mol. The number of nitrogens with zero attached hydrogens (tertiary/aromatic N) is 1. The lowest BCUT2D eigenvalue weighted by Gasteiger charge is -2.12. The maximum atomic E-state index is 6.46. The van der Waals surface area contributed by atoms with Crippen LogP contribution in [0.1, 0.15) is 56.2 Å². The summed E-state index contributed by atoms with van der Waals surface area (Å²) < 4.78 is 12.7. The van der Waals surface area contributed by atoms with Gasteiger partial charge < -0.3 is 8.83 Å². The van der Waals surface area contributed by atoms with Crippen LogP contribution in [0.5, 0.6) is 0 Å². The average molecular weight is 826 g/mol. The molecule has 0 saturated heterocycles. The minimum absolute atomic E-state index is 0.817. The number of benzene rings is 9. The second-order valence-corrected chi connectivity index (χ2v) is 17.0. The number of fused-ring (bicyclic) bond motifs is 8. The number of hydrogen-bond acceptors (Lipinski definition) is 3. The molecule has 308 valence electrons. The van der Waals surface area contributed by atoms with Gasteiger partial charge in [-0.05, 0) is 136 Å². The average Bonchev–Trinajstić information content (AvgIpc) is 3.91. The fourth-order valence-corrected chi connectivity index (χ4v) is 9.24. The Kier molecular flexibility index (Phi) is 10.3. The lowest BCUT2D eigenvalue weighted by Crippen LogP contribution is -2.02. The van der Waals surface area contributed by atoms with E-state index in [1.165, 1.54) is 38.2 Å². The van der Waals surface area contributed by atoms with Gasteiger partial charge >= 0.3 is 0 Å². The largest absolute Gasteiger partial charge is 0.456 e. The van der Waals surface area contributed by atoms with E-state index in [2.05, 4.69) is 202 Å². The van der Waals surface area contributed by atoms with E-state index in [0.717, 1.165) is 109 Å². The molecule has 9 aromatic carbocycles. The SMILES string of the molecule is CCC/C=C(\N=C(/CC/C(C)=C\c1ccc2c(c1)oc1ccccc12)c1ccccc1)c1ccc2cc(-c3cccc4oc5ccc(-c6ccc7ccccc7c6)cc5c34)ccc2c1. The molecule has 2 heterocycles. The summed E-state index contributed by atoms with van der Waals surface area (Å²) in [5.41, 5.74) is 15.1. The molecule has 0 atom stereocenters. The highest BCUT2D eigenvalue weighted by atomic mass is 16.3. The van der Waals surface area contributed by atoms with Crippen LogP contribution in [0, 0.1) is 0 Å². The summed E-state index contributed by atoms with van der Waals surface area (Å²) in [6, 6.07) is 67.2. The van der Waals surface area contributed by atoms with Crippen LogP contribution < -0.4 is 0 Å². The number of para-hydroxylation sites is 1. The summed E-state index contributed by atoms with van der Waals surface area (Å²) in [6.45, 7) is 4.44. The van der Waals surface area contributed by atoms with Crippen LogP contribution in [0.2, 0.25) is 0 Å². The van der Waals surface area contributed by atoms with Gasteiger partial charge in [0.2, 0.25) is 0 Å². The van der Waals surface area contributed by atoms with Crippen molar-refractivity contribution in [1.29, 1.82) is 0 Å². The van der Waals surface area contributed by atoms with Crippen molar-refractivity contribution < 1.29 is 8.83 Å². The highest BCUT2D eigenvalue weighted by Gasteiger charge is 2.16. The molecule has 3 heteroatoms. The Labute approximate surface area is 373 Å². The van der Waals surface area contributed by atoms with Crippen molar-refractivity contribution in [3.63, 3.8) is 0 Å². The van der Waals surface area contributed by atoms with Gasteiger partial charge in [-0.15, -0.1) is 0 Å². The van der Waals surface area contributed by atoms with Crippen molar-refractivity contribution in [2.75, 3.05) is 0 Å². The molecule has 0 amide bonds. The summed E-state index contributed by atoms with van der Waals surface area (Å²) >= 11 is 0. The van der Waals surface area contributed by atoms with Crippen molar-refractivity contribution in [2.24, 2.45) is 4.99 Å². The van der Waals surface area contributed by atoms with Crippen molar-refractivity contribution in [1.82, 2.24) is 0 Å². The Morgan fingerprint density at radius 2 is 1.16 bits per heavy atom. The maximum absolute atomic E-state index is 6.46. The van der Waals surface area contributed by atoms with Crippen LogP contribution in [0.4, 0.5) is 0 Å². The Hall–Kier alpha value is -7.75. The molecule has 0 N–H and O–H groups in total. The third kappa shape index (κ3) is 7.60. The zero-order valence-electron chi connectivity index (χ0n) is 36.1. The molecular formula is C61H47NO2. The Bertz CT molecular complexity index is 3630. The molecule has 0 radical (unpaired) electrons. The zero-order valence-corrected chi connectivity index (χ0v) is 36.1. The second-order valence-electron chi connectivity index (χ2n) is 17.0. The van der Waals surface area contributed by atoms with E-state index >= 15 is 0 Å². The maximum Gasteiger partial charge on any atom is 0.136 e. The minimum Gasteiger partial charge on any atom is -0.456 e. The van der Waals surface area contributed by atoms with Crippen LogP contribution in [0.25, 0.3) is 99.4 Å². The number of rotatable bonds is 11. The van der Waals surface area contributed by atoms with E-state index in [-0.39, 0.29) is 0 Å². The first-order chi connectivity index (χ1) is 31.5. The molecule has 11 aromatic rings. The normalized spacial score (nSPS) is 12.8. The van der Waals surface area contributed by atoms with Gasteiger partial charge in [0.25, 0.3) is 0 Å². The number of unbranched alkanes of at least 4 members (excludes halogenated alkanes) is 1. The first kappa shape index (κ1) is 39.1. The van der Waals surface area contributed by atoms with E-state index in [1.807, 2.05) is 12.1 Å². The fraction of sp³-hybridized carbons (Fsp3) is 0.0984. The molecule has 0 aliphatic rings. The summed E-state index contributed by atoms with van der Waals surface area (Å²) in [6.07, 6.45) is 8.28. The molecule has 0 fully saturated rings. The van der Waals surface area contributed by atoms with Crippen molar-refractivity contribution in [3.05, 3.63) is 216 Å². The van der Waals surface area contributed by atoms with Gasteiger partial charge in [0, 0.05) is 32.8 Å². The summed E-state index contributed by atoms with van der Waals surface area (Å²) in [5, 5.41) is 9.42. The molecule has 2 aromatic heterocycles. The second kappa shape index (κ2) is 16.8. The Morgan fingerprint density at radius 1 is 0.484 bits per heavy atom. The van der Waals surface area contributed by atoms with Gasteiger partial charge in [-0.1, -0.05) is 165 Å². The first-order valence-electron chi connectivity index (χ1n) is 22.5. The van der Waals surface area contributed by atoms with Gasteiger partial charge in [-0.2, -0.15) is 0 Å². The Morgan fingerprint density at radius 3 is 2.06 bits per heavy atom. The number of allylic oxidation sites excluding steroid dienone is 2. The number of aliphatic imine (C=N–C) groups is 1. The molecule has 0 saturated carbocycles. The van der Waals surface area contributed by atoms with Crippen LogP contribution in [0.15, 0.2) is 214 Å². The highest BCUT2D eigenvalue weighted by molar-refractivity contribution is 6.14. The molecule has 0 aliphatic carbocycles. The molecule has 0 bridgehead atoms. The van der Waals surface area contributed by atoms with E-state index in [0.29, 0.717) is 0 Å². The predicted octanol–water partition coefficient (Wildman–Crippen LogP) is 17.6. The van der Waals surface area contributed by atoms with Gasteiger partial charge in [0.15, 0.2) is 0 Å². The number of hydrogen-bond donors (Lipinski definition) is 0. The minimum atomic E-state index is 0.817. The van der Waals surface area contributed by atoms with Crippen LogP contribution in [0.3, 0.4) is 0 Å². The van der Waals surface area contributed by atoms with Crippen LogP contribution >= 0.6 is 0 Å². The third-order valence-corrected chi connectivity index (χ3v) is 12.6. The van der Waals surface area contributed by atoms with E-state index < -0.39 is 0 Å². The zero-order chi connectivity index (χ0) is 43.0. The molecule has 0 aliphatic heterocycles. The lowest BCUT2D eigenvalue weighted by molar-refractivity contribution is 0.668. The Balaban J connectivity index is 0.904. The van der Waals surface area contributed by atoms with E-state index in [9.17, 15) is 0 Å². The lowest BCUT2D eigenvalue weighted by atomic mass is 9.94. The topological polar surface area (TPSA) is 38.6 Å². The quantitative estimate of drug-likeness (QED) is 0.122. The third-order valence-electron chi connectivity index (χ3n) is 12.6. The molecule has 0 spiro atoms. The van der Waals surface area contributed by atoms with Crippen molar-refractivity contribution in [3.8, 4) is 22.3 Å². The van der Waals surface area contributed by atoms with Gasteiger partial charge in [-0.3, -0.25) is 4.99 Å². The highest BCUT2D eigenvalue weighted by Crippen LogP contribution is 2.40. The molecule has 0 unspecified atom stereocenters. The number of furan rings is 2. The predicted molar refractivity (Wildman–Crippen MR) is 272 cm³/mol. The molecular weight excluding hydrogens is 779 g/mol. The van der Waals surface area contributed by atoms with E-state index in [4.69, 9.17) is 13.8 Å². The fourth-order valence-electron chi connectivity index (χ4n) is 9.24. The summed E-state index contributed by atoms with van der Waals surface area (Å²) in [5.74, 6) is 0. The van der Waals surface area contributed by atoms with Gasteiger partial charge in [0.05, 0.1) is 5.70 Å². The van der Waals surface area contributed by atoms with Gasteiger partial charge in [0.1, 0.15) is 22.3 Å². The molecule has 3 nitrogen and oxygen atoms in total. The molecule has 11 rings (SSSR count). The summed E-state index contributed by atoms with van der Waals surface area (Å²) in [4.78, 5) is 5.50. The van der Waals surface area contributed by atoms with Crippen molar-refractivity contribution in [2.45, 2.75) is 39.5 Å². The smallest absolute Gasteiger partial charge is 0.136 e. The van der Waals surface area contributed by atoms with Gasteiger partial charge in [-0.25, -0.2) is 0 Å². The van der Waals surface area contributed by atoms with E-state index in [1.54, 1.807) is 0 Å². The van der Waals surface area contributed by atoms with Crippen LogP contribution in [-0.2, 0) is 0 Å². The molecule has 64 heavy (non-hydrogen) atoms. The van der Waals surface area contributed by atoms with Crippen LogP contribution in [-0.4, -0.2) is 5.71 Å². The summed E-state index contributed by atoms with van der Waals surface area (Å²) in [7, 11) is 0. The first-order valence-corrected chi connectivity index (χ1v) is 22.5. The van der Waals surface area contributed by atoms with Crippen molar-refractivity contribution >= 4 is 82.9 Å². The standard InChI is InChI=1S/C61H47NO2/c1-3-4-19-55(62-56(43-14-6-5-7-15-43)32-22-40(2)34-41-23-31-53-52-17-10-11-20-57(52)64-60(53)35-41)50-29-27-46-37-49(28-26-47(46)38-50)51-18-12-21-59-61(51)54-39-48(30-33-58(54)63-59)45-25-24-42-13-8-9-16-44(42)36-45/h5-21,23-31,33-39H,3-4,22,32H2,1-2H3/b40-34-,55-19-,62-56+.